The topological polar surface area (TPSA) is 69.7 Å². The second kappa shape index (κ2) is 10.4. The molecule has 0 amide bonds. The molecule has 0 atom stereocenters. The van der Waals surface area contributed by atoms with Crippen LogP contribution in [0.4, 0.5) is 0 Å². The average molecular weight is 435 g/mol. The molecule has 0 aromatic heterocycles. The molecule has 0 aliphatic rings. The van der Waals surface area contributed by atoms with E-state index < -0.39 is 15.8 Å². The molecule has 0 saturated carbocycles. The van der Waals surface area contributed by atoms with Gasteiger partial charge in [-0.25, -0.2) is 13.2 Å². The van der Waals surface area contributed by atoms with Gasteiger partial charge in [0.2, 0.25) is 9.84 Å². The predicted octanol–water partition coefficient (Wildman–Crippen LogP) is 4.80. The highest BCUT2D eigenvalue weighted by Crippen LogP contribution is 2.21. The minimum atomic E-state index is -3.51. The van der Waals surface area contributed by atoms with Crippen molar-refractivity contribution in [1.29, 1.82) is 0 Å². The summed E-state index contributed by atoms with van der Waals surface area (Å²) in [5, 5.41) is 0. The van der Waals surface area contributed by atoms with Crippen LogP contribution in [-0.2, 0) is 19.4 Å². The van der Waals surface area contributed by atoms with Crippen molar-refractivity contribution >= 4 is 28.0 Å². The molecule has 0 radical (unpaired) electrons. The molecule has 31 heavy (non-hydrogen) atoms. The van der Waals surface area contributed by atoms with E-state index in [1.54, 1.807) is 54.6 Å². The zero-order valence-corrected chi connectivity index (χ0v) is 17.6. The monoisotopic (exact) mass is 434 g/mol. The van der Waals surface area contributed by atoms with Gasteiger partial charge in [-0.2, -0.15) is 0 Å². The molecule has 0 unspecified atom stereocenters. The molecular weight excluding hydrogens is 412 g/mol. The molecule has 6 heteroatoms. The second-order valence-corrected chi connectivity index (χ2v) is 8.46. The van der Waals surface area contributed by atoms with Gasteiger partial charge in [0.05, 0.1) is 9.79 Å². The van der Waals surface area contributed by atoms with Gasteiger partial charge in [-0.1, -0.05) is 61.2 Å². The number of esters is 1. The van der Waals surface area contributed by atoms with E-state index in [4.69, 9.17) is 9.47 Å². The van der Waals surface area contributed by atoms with Gasteiger partial charge in [0.15, 0.2) is 0 Å². The van der Waals surface area contributed by atoms with E-state index in [-0.39, 0.29) is 23.0 Å². The van der Waals surface area contributed by atoms with E-state index in [0.29, 0.717) is 5.75 Å². The largest absolute Gasteiger partial charge is 0.490 e. The van der Waals surface area contributed by atoms with Crippen LogP contribution in [0.25, 0.3) is 12.2 Å². The van der Waals surface area contributed by atoms with E-state index in [0.717, 1.165) is 17.2 Å². The third kappa shape index (κ3) is 6.17. The second-order valence-electron chi connectivity index (χ2n) is 6.51. The standard InChI is InChI=1S/C25H22O5S/c1-2-25(26)30-19-18-29-22-14-10-20(11-15-22)8-9-21-12-16-24(17-13-21)31(27,28)23-6-4-3-5-7-23/h2-17H,1,18-19H2/b9-8+. The first-order chi connectivity index (χ1) is 15.0. The Bertz CT molecular complexity index is 1150. The summed E-state index contributed by atoms with van der Waals surface area (Å²) in [4.78, 5) is 11.5. The molecule has 0 N–H and O–H groups in total. The van der Waals surface area contributed by atoms with Gasteiger partial charge in [0.25, 0.3) is 0 Å². The first-order valence-electron chi connectivity index (χ1n) is 9.59. The highest BCUT2D eigenvalue weighted by molar-refractivity contribution is 7.91. The lowest BCUT2D eigenvalue weighted by atomic mass is 10.1. The molecule has 158 valence electrons. The van der Waals surface area contributed by atoms with Gasteiger partial charge in [-0.05, 0) is 47.5 Å². The van der Waals surface area contributed by atoms with E-state index in [9.17, 15) is 13.2 Å². The molecule has 0 fully saturated rings. The number of ether oxygens (including phenoxy) is 2. The number of hydrogen-bond donors (Lipinski definition) is 0. The van der Waals surface area contributed by atoms with Gasteiger partial charge >= 0.3 is 5.97 Å². The van der Waals surface area contributed by atoms with Crippen LogP contribution in [0.2, 0.25) is 0 Å². The lowest BCUT2D eigenvalue weighted by Crippen LogP contribution is -2.10. The summed E-state index contributed by atoms with van der Waals surface area (Å²) in [5.74, 6) is 0.192. The number of rotatable bonds is 9. The van der Waals surface area contributed by atoms with E-state index in [1.165, 1.54) is 0 Å². The maximum atomic E-state index is 12.6. The van der Waals surface area contributed by atoms with Crippen molar-refractivity contribution < 1.29 is 22.7 Å². The van der Waals surface area contributed by atoms with Gasteiger partial charge in [0.1, 0.15) is 19.0 Å². The Labute approximate surface area is 182 Å². The third-order valence-corrected chi connectivity index (χ3v) is 6.14. The Morgan fingerprint density at radius 1 is 0.774 bits per heavy atom. The third-order valence-electron chi connectivity index (χ3n) is 4.36. The molecule has 0 aliphatic carbocycles. The van der Waals surface area contributed by atoms with Crippen molar-refractivity contribution in [3.05, 3.63) is 103 Å². The van der Waals surface area contributed by atoms with Crippen molar-refractivity contribution in [3.8, 4) is 5.75 Å². The normalized spacial score (nSPS) is 11.2. The maximum Gasteiger partial charge on any atom is 0.330 e. The number of carbonyl (C=O) groups excluding carboxylic acids is 1. The molecule has 5 nitrogen and oxygen atoms in total. The average Bonchev–Trinajstić information content (AvgIpc) is 2.82. The lowest BCUT2D eigenvalue weighted by Gasteiger charge is -2.06. The van der Waals surface area contributed by atoms with Crippen LogP contribution in [0, 0.1) is 0 Å². The SMILES string of the molecule is C=CC(=O)OCCOc1ccc(/C=C/c2ccc(S(=O)(=O)c3ccccc3)cc2)cc1. The molecular formula is C25H22O5S. The van der Waals surface area contributed by atoms with Gasteiger partial charge in [-0.15, -0.1) is 0 Å². The van der Waals surface area contributed by atoms with Gasteiger partial charge in [0, 0.05) is 6.08 Å². The summed E-state index contributed by atoms with van der Waals surface area (Å²) in [5.41, 5.74) is 1.85. The van der Waals surface area contributed by atoms with Crippen molar-refractivity contribution in [2.45, 2.75) is 9.79 Å². The van der Waals surface area contributed by atoms with Crippen molar-refractivity contribution in [3.63, 3.8) is 0 Å². The summed E-state index contributed by atoms with van der Waals surface area (Å²) in [6, 6.07) is 22.6. The zero-order valence-electron chi connectivity index (χ0n) is 16.8. The molecule has 3 rings (SSSR count). The lowest BCUT2D eigenvalue weighted by molar-refractivity contribution is -0.138. The summed E-state index contributed by atoms with van der Waals surface area (Å²) in [6.07, 6.45) is 4.94. The van der Waals surface area contributed by atoms with E-state index >= 15 is 0 Å². The first-order valence-corrected chi connectivity index (χ1v) is 11.1. The van der Waals surface area contributed by atoms with E-state index in [2.05, 4.69) is 6.58 Å². The maximum absolute atomic E-state index is 12.6. The minimum absolute atomic E-state index is 0.155. The smallest absolute Gasteiger partial charge is 0.330 e. The van der Waals surface area contributed by atoms with Crippen LogP contribution < -0.4 is 4.74 Å². The Kier molecular flexibility index (Phi) is 7.40. The Morgan fingerprint density at radius 2 is 1.32 bits per heavy atom. The van der Waals surface area contributed by atoms with Crippen LogP contribution in [0.5, 0.6) is 5.75 Å². The number of benzene rings is 3. The highest BCUT2D eigenvalue weighted by atomic mass is 32.2. The Morgan fingerprint density at radius 3 is 1.90 bits per heavy atom. The molecule has 0 saturated heterocycles. The van der Waals surface area contributed by atoms with Gasteiger partial charge < -0.3 is 9.47 Å². The Hall–Kier alpha value is -3.64. The fourth-order valence-corrected chi connectivity index (χ4v) is 4.00. The van der Waals surface area contributed by atoms with Crippen LogP contribution in [0.1, 0.15) is 11.1 Å². The van der Waals surface area contributed by atoms with Crippen molar-refractivity contribution in [1.82, 2.24) is 0 Å². The summed E-state index contributed by atoms with van der Waals surface area (Å²) in [7, 11) is -3.51. The number of carbonyl (C=O) groups is 1. The molecule has 3 aromatic carbocycles. The Balaban J connectivity index is 1.58. The summed E-state index contributed by atoms with van der Waals surface area (Å²) < 4.78 is 35.6. The number of hydrogen-bond acceptors (Lipinski definition) is 5. The number of sulfone groups is 1. The molecule has 0 aliphatic heterocycles. The fraction of sp³-hybridized carbons (Fsp3) is 0.0800. The quantitative estimate of drug-likeness (QED) is 0.209. The zero-order chi connectivity index (χ0) is 22.1. The molecule has 0 heterocycles. The fourth-order valence-electron chi connectivity index (χ4n) is 2.72. The highest BCUT2D eigenvalue weighted by Gasteiger charge is 2.16. The summed E-state index contributed by atoms with van der Waals surface area (Å²) >= 11 is 0. The van der Waals surface area contributed by atoms with Gasteiger partial charge in [-0.3, -0.25) is 0 Å². The van der Waals surface area contributed by atoms with Crippen LogP contribution in [0.3, 0.4) is 0 Å². The minimum Gasteiger partial charge on any atom is -0.490 e. The first kappa shape index (κ1) is 22.1. The summed E-state index contributed by atoms with van der Waals surface area (Å²) in [6.45, 7) is 3.74. The van der Waals surface area contributed by atoms with Crippen molar-refractivity contribution in [2.24, 2.45) is 0 Å². The molecule has 0 spiro atoms. The molecule has 3 aromatic rings. The van der Waals surface area contributed by atoms with Crippen LogP contribution in [0.15, 0.2) is 101 Å². The molecule has 0 bridgehead atoms. The van der Waals surface area contributed by atoms with E-state index in [1.807, 2.05) is 36.4 Å². The van der Waals surface area contributed by atoms with Crippen LogP contribution in [-0.4, -0.2) is 27.6 Å². The predicted molar refractivity (Wildman–Crippen MR) is 120 cm³/mol. The van der Waals surface area contributed by atoms with Crippen molar-refractivity contribution in [2.75, 3.05) is 13.2 Å². The van der Waals surface area contributed by atoms with Crippen LogP contribution >= 0.6 is 0 Å².